The molecule has 136 valence electrons. The summed E-state index contributed by atoms with van der Waals surface area (Å²) in [6, 6.07) is 3.46. The number of aliphatic hydroxyl groups excluding tert-OH is 1. The Morgan fingerprint density at radius 1 is 1.24 bits per heavy atom. The van der Waals surface area contributed by atoms with Gasteiger partial charge >= 0.3 is 6.18 Å². The number of carbonyl (C=O) groups is 1. The number of halogens is 4. The van der Waals surface area contributed by atoms with E-state index in [-0.39, 0.29) is 11.1 Å². The Morgan fingerprint density at radius 2 is 1.88 bits per heavy atom. The van der Waals surface area contributed by atoms with Crippen LogP contribution in [0.5, 0.6) is 0 Å². The van der Waals surface area contributed by atoms with Crippen molar-refractivity contribution in [1.29, 1.82) is 0 Å². The fourth-order valence-corrected chi connectivity index (χ4v) is 4.62. The predicted octanol–water partition coefficient (Wildman–Crippen LogP) is 3.06. The minimum Gasteiger partial charge on any atom is -0.384 e. The zero-order valence-electron chi connectivity index (χ0n) is 12.5. The summed E-state index contributed by atoms with van der Waals surface area (Å²) in [4.78, 5) is 10.3. The van der Waals surface area contributed by atoms with Gasteiger partial charge in [0, 0.05) is 0 Å². The van der Waals surface area contributed by atoms with Crippen LogP contribution >= 0.6 is 11.3 Å². The van der Waals surface area contributed by atoms with Gasteiger partial charge in [0.05, 0.1) is 15.5 Å². The predicted molar refractivity (Wildman–Crippen MR) is 81.5 cm³/mol. The van der Waals surface area contributed by atoms with E-state index < -0.39 is 48.5 Å². The van der Waals surface area contributed by atoms with Crippen molar-refractivity contribution in [3.8, 4) is 0 Å². The van der Waals surface area contributed by atoms with Crippen molar-refractivity contribution in [2.24, 2.45) is 0 Å². The highest BCUT2D eigenvalue weighted by Gasteiger charge is 2.38. The summed E-state index contributed by atoms with van der Waals surface area (Å²) in [5.74, 6) is -2.02. The lowest BCUT2D eigenvalue weighted by atomic mass is 10.2. The number of anilines is 1. The molecule has 0 aliphatic carbocycles. The standard InChI is InChI=1S/C14H11F4NO4S2/c1-7(20)13(21)19-11-4-5-12(24-11)25(22,23)10-3-2-8(15)6-9(10)14(16,17)18/h2-7,20H,1H3,(H,19,21). The molecule has 0 spiro atoms. The van der Waals surface area contributed by atoms with Gasteiger partial charge in [0.2, 0.25) is 9.84 Å². The maximum Gasteiger partial charge on any atom is 0.417 e. The van der Waals surface area contributed by atoms with Crippen LogP contribution in [0.25, 0.3) is 0 Å². The van der Waals surface area contributed by atoms with Crippen LogP contribution in [-0.4, -0.2) is 25.5 Å². The first-order valence-electron chi connectivity index (χ1n) is 6.63. The first-order valence-corrected chi connectivity index (χ1v) is 8.93. The Hall–Kier alpha value is -1.98. The van der Waals surface area contributed by atoms with Gasteiger partial charge in [-0.25, -0.2) is 12.8 Å². The van der Waals surface area contributed by atoms with E-state index in [1.807, 2.05) is 0 Å². The second kappa shape index (κ2) is 6.73. The SMILES string of the molecule is CC(O)C(=O)Nc1ccc(S(=O)(=O)c2ccc(F)cc2C(F)(F)F)s1. The van der Waals surface area contributed by atoms with E-state index in [0.29, 0.717) is 23.5 Å². The molecule has 2 N–H and O–H groups in total. The molecule has 0 bridgehead atoms. The molecule has 1 heterocycles. The molecule has 1 amide bonds. The number of hydrogen-bond donors (Lipinski definition) is 2. The summed E-state index contributed by atoms with van der Waals surface area (Å²) >= 11 is 0.512. The summed E-state index contributed by atoms with van der Waals surface area (Å²) in [6.45, 7) is 1.19. The molecule has 25 heavy (non-hydrogen) atoms. The van der Waals surface area contributed by atoms with Gasteiger partial charge < -0.3 is 10.4 Å². The number of sulfone groups is 1. The van der Waals surface area contributed by atoms with Crippen LogP contribution in [0.15, 0.2) is 39.4 Å². The van der Waals surface area contributed by atoms with E-state index in [4.69, 9.17) is 5.11 Å². The Balaban J connectivity index is 2.47. The van der Waals surface area contributed by atoms with E-state index in [1.165, 1.54) is 13.0 Å². The molecular formula is C14H11F4NO4S2. The van der Waals surface area contributed by atoms with Crippen molar-refractivity contribution in [3.63, 3.8) is 0 Å². The van der Waals surface area contributed by atoms with E-state index in [0.717, 1.165) is 6.07 Å². The molecule has 1 aromatic carbocycles. The van der Waals surface area contributed by atoms with Crippen LogP contribution in [0, 0.1) is 5.82 Å². The summed E-state index contributed by atoms with van der Waals surface area (Å²) in [5, 5.41) is 11.3. The molecule has 1 atom stereocenters. The lowest BCUT2D eigenvalue weighted by Crippen LogP contribution is -2.23. The van der Waals surface area contributed by atoms with Crippen molar-refractivity contribution < 1.29 is 35.9 Å². The summed E-state index contributed by atoms with van der Waals surface area (Å²) in [7, 11) is -4.59. The monoisotopic (exact) mass is 397 g/mol. The van der Waals surface area contributed by atoms with Gasteiger partial charge in [0.25, 0.3) is 5.91 Å². The van der Waals surface area contributed by atoms with Gasteiger partial charge in [-0.1, -0.05) is 0 Å². The Kier molecular flexibility index (Phi) is 5.21. The van der Waals surface area contributed by atoms with E-state index in [9.17, 15) is 30.8 Å². The van der Waals surface area contributed by atoms with E-state index in [2.05, 4.69) is 5.32 Å². The van der Waals surface area contributed by atoms with Crippen molar-refractivity contribution >= 4 is 32.1 Å². The number of amides is 1. The van der Waals surface area contributed by atoms with Crippen molar-refractivity contribution in [2.75, 3.05) is 5.32 Å². The highest BCUT2D eigenvalue weighted by molar-refractivity contribution is 7.93. The smallest absolute Gasteiger partial charge is 0.384 e. The topological polar surface area (TPSA) is 83.5 Å². The molecule has 0 aliphatic heterocycles. The number of rotatable bonds is 4. The first kappa shape index (κ1) is 19.3. The number of nitrogens with one attached hydrogen (secondary N) is 1. The van der Waals surface area contributed by atoms with Gasteiger partial charge in [-0.05, 0) is 37.3 Å². The lowest BCUT2D eigenvalue weighted by Gasteiger charge is -2.12. The van der Waals surface area contributed by atoms with Gasteiger partial charge in [-0.15, -0.1) is 11.3 Å². The largest absolute Gasteiger partial charge is 0.417 e. The number of aliphatic hydroxyl groups is 1. The fraction of sp³-hybridized carbons (Fsp3) is 0.214. The van der Waals surface area contributed by atoms with Crippen molar-refractivity contribution in [2.45, 2.75) is 28.3 Å². The molecule has 2 rings (SSSR count). The second-order valence-electron chi connectivity index (χ2n) is 4.93. The van der Waals surface area contributed by atoms with E-state index >= 15 is 0 Å². The third-order valence-electron chi connectivity index (χ3n) is 3.01. The Labute approximate surface area is 143 Å². The molecule has 1 aromatic heterocycles. The third kappa shape index (κ3) is 4.17. The molecule has 0 radical (unpaired) electrons. The van der Waals surface area contributed by atoms with Crippen molar-refractivity contribution in [3.05, 3.63) is 41.7 Å². The molecule has 1 unspecified atom stereocenters. The summed E-state index contributed by atoms with van der Waals surface area (Å²) < 4.78 is 76.7. The molecule has 2 aromatic rings. The number of hydrogen-bond acceptors (Lipinski definition) is 5. The number of carbonyl (C=O) groups excluding carboxylic acids is 1. The number of benzene rings is 1. The van der Waals surface area contributed by atoms with Gasteiger partial charge in [-0.2, -0.15) is 13.2 Å². The minimum absolute atomic E-state index is 0.0279. The zero-order chi connectivity index (χ0) is 19.0. The van der Waals surface area contributed by atoms with Crippen molar-refractivity contribution in [1.82, 2.24) is 0 Å². The molecular weight excluding hydrogens is 386 g/mol. The molecule has 0 fully saturated rings. The molecule has 5 nitrogen and oxygen atoms in total. The minimum atomic E-state index is -5.06. The highest BCUT2D eigenvalue weighted by atomic mass is 32.2. The van der Waals surface area contributed by atoms with Gasteiger partial charge in [0.1, 0.15) is 16.1 Å². The Bertz CT molecular complexity index is 904. The molecule has 11 heteroatoms. The van der Waals surface area contributed by atoms with Crippen LogP contribution < -0.4 is 5.32 Å². The van der Waals surface area contributed by atoms with Crippen LogP contribution in [-0.2, 0) is 20.8 Å². The van der Waals surface area contributed by atoms with E-state index in [1.54, 1.807) is 0 Å². The maximum atomic E-state index is 13.1. The van der Waals surface area contributed by atoms with Crippen LogP contribution in [0.3, 0.4) is 0 Å². The highest BCUT2D eigenvalue weighted by Crippen LogP contribution is 2.39. The first-order chi connectivity index (χ1) is 11.4. The fourth-order valence-electron chi connectivity index (χ4n) is 1.82. The molecule has 0 aliphatic rings. The average Bonchev–Trinajstić information content (AvgIpc) is 2.95. The zero-order valence-corrected chi connectivity index (χ0v) is 14.1. The molecule has 0 saturated heterocycles. The van der Waals surface area contributed by atoms with Crippen LogP contribution in [0.2, 0.25) is 0 Å². The quantitative estimate of drug-likeness (QED) is 0.614. The average molecular weight is 397 g/mol. The summed E-state index contributed by atoms with van der Waals surface area (Å²) in [6.07, 6.45) is -6.42. The van der Waals surface area contributed by atoms with Gasteiger partial charge in [0.15, 0.2) is 0 Å². The second-order valence-corrected chi connectivity index (χ2v) is 8.15. The van der Waals surface area contributed by atoms with Crippen LogP contribution in [0.1, 0.15) is 12.5 Å². The maximum absolute atomic E-state index is 13.1. The lowest BCUT2D eigenvalue weighted by molar-refractivity contribution is -0.140. The van der Waals surface area contributed by atoms with Gasteiger partial charge in [-0.3, -0.25) is 4.79 Å². The molecule has 0 saturated carbocycles. The Morgan fingerprint density at radius 3 is 2.44 bits per heavy atom. The normalized spacial score (nSPS) is 13.5. The summed E-state index contributed by atoms with van der Waals surface area (Å²) in [5.41, 5.74) is -1.62. The third-order valence-corrected chi connectivity index (χ3v) is 6.31. The number of alkyl halides is 3. The number of thiophene rings is 1. The van der Waals surface area contributed by atoms with Crippen LogP contribution in [0.4, 0.5) is 22.6 Å².